The second-order valence-electron chi connectivity index (χ2n) is 4.40. The third-order valence-electron chi connectivity index (χ3n) is 3.08. The lowest BCUT2D eigenvalue weighted by Gasteiger charge is -2.18. The second kappa shape index (κ2) is 4.60. The third kappa shape index (κ3) is 2.57. The number of alkyl halides is 3. The molecule has 19 heavy (non-hydrogen) atoms. The van der Waals surface area contributed by atoms with Gasteiger partial charge >= 0.3 is 12.1 Å². The first-order chi connectivity index (χ1) is 8.80. The van der Waals surface area contributed by atoms with Crippen molar-refractivity contribution < 1.29 is 23.1 Å². The Kier molecular flexibility index (Phi) is 3.26. The van der Waals surface area contributed by atoms with E-state index in [4.69, 9.17) is 5.11 Å². The summed E-state index contributed by atoms with van der Waals surface area (Å²) in [6, 6.07) is 6.64. The number of carbonyl (C=O) groups is 1. The molecule has 1 unspecified atom stereocenters. The number of aromatic nitrogens is 1. The highest BCUT2D eigenvalue weighted by molar-refractivity contribution is 5.85. The van der Waals surface area contributed by atoms with Crippen molar-refractivity contribution in [1.82, 2.24) is 4.57 Å². The zero-order chi connectivity index (χ0) is 14.2. The van der Waals surface area contributed by atoms with Gasteiger partial charge in [-0.3, -0.25) is 4.79 Å². The van der Waals surface area contributed by atoms with Crippen LogP contribution in [-0.4, -0.2) is 21.8 Å². The number of carboxylic acids is 1. The summed E-state index contributed by atoms with van der Waals surface area (Å²) in [5.41, 5.74) is 0.658. The molecule has 0 fully saturated rings. The summed E-state index contributed by atoms with van der Waals surface area (Å²) >= 11 is 0. The van der Waals surface area contributed by atoms with E-state index in [2.05, 4.69) is 0 Å². The fraction of sp³-hybridized carbons (Fsp3) is 0.308. The molecule has 2 rings (SSSR count). The smallest absolute Gasteiger partial charge is 0.396 e. The van der Waals surface area contributed by atoms with Crippen LogP contribution < -0.4 is 0 Å². The number of hydrogen-bond donors (Lipinski definition) is 1. The number of para-hydroxylation sites is 1. The summed E-state index contributed by atoms with van der Waals surface area (Å²) in [6.07, 6.45) is -4.19. The number of carboxylic acid groups (broad SMARTS) is 1. The Morgan fingerprint density at radius 2 is 2.00 bits per heavy atom. The molecule has 3 nitrogen and oxygen atoms in total. The summed E-state index contributed by atoms with van der Waals surface area (Å²) in [6.45, 7) is 0. The van der Waals surface area contributed by atoms with Gasteiger partial charge in [0.25, 0.3) is 0 Å². The van der Waals surface area contributed by atoms with E-state index in [-0.39, 0.29) is 5.56 Å². The summed E-state index contributed by atoms with van der Waals surface area (Å²) in [4.78, 5) is 10.7. The first kappa shape index (κ1) is 13.5. The molecule has 1 aromatic heterocycles. The minimum atomic E-state index is -4.58. The van der Waals surface area contributed by atoms with Crippen LogP contribution in [0.15, 0.2) is 30.5 Å². The van der Waals surface area contributed by atoms with Crippen molar-refractivity contribution >= 4 is 16.9 Å². The van der Waals surface area contributed by atoms with Crippen LogP contribution in [0, 0.1) is 0 Å². The van der Waals surface area contributed by atoms with Gasteiger partial charge in [0.15, 0.2) is 0 Å². The lowest BCUT2D eigenvalue weighted by atomic mass is 9.95. The van der Waals surface area contributed by atoms with Crippen LogP contribution in [0.4, 0.5) is 13.2 Å². The number of nitrogens with zero attached hydrogens (tertiary/aromatic N) is 1. The van der Waals surface area contributed by atoms with Crippen LogP contribution >= 0.6 is 0 Å². The molecule has 0 aliphatic heterocycles. The average molecular weight is 271 g/mol. The molecular weight excluding hydrogens is 259 g/mol. The molecule has 0 saturated heterocycles. The Bertz CT molecular complexity index is 616. The van der Waals surface area contributed by atoms with Crippen molar-refractivity contribution in [2.75, 3.05) is 0 Å². The SMILES string of the molecule is Cn1cc(C(CC(=O)O)C(F)(F)F)c2ccccc21. The normalized spacial score (nSPS) is 13.7. The Morgan fingerprint density at radius 3 is 2.58 bits per heavy atom. The predicted molar refractivity (Wildman–Crippen MR) is 64.0 cm³/mol. The Balaban J connectivity index is 2.59. The van der Waals surface area contributed by atoms with Gasteiger partial charge in [-0.2, -0.15) is 13.2 Å². The molecule has 0 bridgehead atoms. The van der Waals surface area contributed by atoms with Crippen molar-refractivity contribution in [3.8, 4) is 0 Å². The molecule has 0 radical (unpaired) electrons. The summed E-state index contributed by atoms with van der Waals surface area (Å²) in [7, 11) is 1.64. The highest BCUT2D eigenvalue weighted by Crippen LogP contribution is 2.40. The first-order valence-corrected chi connectivity index (χ1v) is 5.63. The highest BCUT2D eigenvalue weighted by Gasteiger charge is 2.43. The van der Waals surface area contributed by atoms with Crippen molar-refractivity contribution in [1.29, 1.82) is 0 Å². The summed E-state index contributed by atoms with van der Waals surface area (Å²) < 4.78 is 40.7. The van der Waals surface area contributed by atoms with Gasteiger partial charge in [0.05, 0.1) is 12.3 Å². The van der Waals surface area contributed by atoms with E-state index in [0.29, 0.717) is 10.9 Å². The van der Waals surface area contributed by atoms with Gasteiger partial charge < -0.3 is 9.67 Å². The maximum absolute atomic E-state index is 13.0. The minimum Gasteiger partial charge on any atom is -0.481 e. The minimum absolute atomic E-state index is 0.00741. The van der Waals surface area contributed by atoms with Crippen molar-refractivity contribution in [3.63, 3.8) is 0 Å². The Hall–Kier alpha value is -1.98. The van der Waals surface area contributed by atoms with Crippen LogP contribution in [0.1, 0.15) is 17.9 Å². The number of benzene rings is 1. The molecule has 2 aromatic rings. The Labute approximate surface area is 107 Å². The molecule has 0 saturated carbocycles. The van der Waals surface area contributed by atoms with Crippen molar-refractivity contribution in [3.05, 3.63) is 36.0 Å². The molecule has 6 heteroatoms. The van der Waals surface area contributed by atoms with Crippen LogP contribution in [0.3, 0.4) is 0 Å². The largest absolute Gasteiger partial charge is 0.481 e. The van der Waals surface area contributed by atoms with Gasteiger partial charge in [0, 0.05) is 24.1 Å². The number of hydrogen-bond acceptors (Lipinski definition) is 1. The zero-order valence-corrected chi connectivity index (χ0v) is 10.1. The van der Waals surface area contributed by atoms with E-state index in [0.717, 1.165) is 0 Å². The lowest BCUT2D eigenvalue weighted by molar-refractivity contribution is -0.163. The fourth-order valence-electron chi connectivity index (χ4n) is 2.23. The average Bonchev–Trinajstić information content (AvgIpc) is 2.63. The summed E-state index contributed by atoms with van der Waals surface area (Å²) in [5, 5.41) is 9.12. The Morgan fingerprint density at radius 1 is 1.37 bits per heavy atom. The number of rotatable bonds is 3. The quantitative estimate of drug-likeness (QED) is 0.930. The molecule has 0 aliphatic carbocycles. The van der Waals surface area contributed by atoms with Crippen LogP contribution in [-0.2, 0) is 11.8 Å². The van der Waals surface area contributed by atoms with Gasteiger partial charge in [-0.25, -0.2) is 0 Å². The van der Waals surface area contributed by atoms with Gasteiger partial charge in [0.1, 0.15) is 0 Å². The van der Waals surface area contributed by atoms with Gasteiger partial charge in [-0.05, 0) is 11.6 Å². The molecule has 0 spiro atoms. The van der Waals surface area contributed by atoms with Gasteiger partial charge in [0.2, 0.25) is 0 Å². The van der Waals surface area contributed by atoms with Crippen LogP contribution in [0.25, 0.3) is 10.9 Å². The van der Waals surface area contributed by atoms with E-state index in [9.17, 15) is 18.0 Å². The molecule has 0 aliphatic rings. The second-order valence-corrected chi connectivity index (χ2v) is 4.40. The highest BCUT2D eigenvalue weighted by atomic mass is 19.4. The number of aryl methyl sites for hydroxylation is 1. The van der Waals surface area contributed by atoms with Crippen LogP contribution in [0.2, 0.25) is 0 Å². The van der Waals surface area contributed by atoms with Gasteiger partial charge in [-0.15, -0.1) is 0 Å². The first-order valence-electron chi connectivity index (χ1n) is 5.63. The molecule has 1 N–H and O–H groups in total. The third-order valence-corrected chi connectivity index (χ3v) is 3.08. The molecule has 0 amide bonds. The maximum Gasteiger partial charge on any atom is 0.396 e. The summed E-state index contributed by atoms with van der Waals surface area (Å²) in [5.74, 6) is -3.45. The zero-order valence-electron chi connectivity index (χ0n) is 10.1. The number of fused-ring (bicyclic) bond motifs is 1. The standard InChI is InChI=1S/C13H12F3NO2/c1-17-7-9(8-4-2-3-5-11(8)17)10(6-12(18)19)13(14,15)16/h2-5,7,10H,6H2,1H3,(H,18,19). The monoisotopic (exact) mass is 271 g/mol. The molecule has 1 atom stereocenters. The van der Waals surface area contributed by atoms with E-state index in [1.807, 2.05) is 0 Å². The van der Waals surface area contributed by atoms with Crippen molar-refractivity contribution in [2.45, 2.75) is 18.5 Å². The maximum atomic E-state index is 13.0. The predicted octanol–water partition coefficient (Wildman–Crippen LogP) is 3.30. The van der Waals surface area contributed by atoms with Gasteiger partial charge in [-0.1, -0.05) is 18.2 Å². The molecule has 102 valence electrons. The topological polar surface area (TPSA) is 42.2 Å². The van der Waals surface area contributed by atoms with Crippen LogP contribution in [0.5, 0.6) is 0 Å². The van der Waals surface area contributed by atoms with E-state index in [1.54, 1.807) is 35.9 Å². The lowest BCUT2D eigenvalue weighted by Crippen LogP contribution is -2.23. The molecular formula is C13H12F3NO2. The number of halogens is 3. The van der Waals surface area contributed by atoms with E-state index in [1.165, 1.54) is 6.20 Å². The van der Waals surface area contributed by atoms with Crippen molar-refractivity contribution in [2.24, 2.45) is 7.05 Å². The molecule has 1 heterocycles. The van der Waals surface area contributed by atoms with E-state index >= 15 is 0 Å². The number of aliphatic carboxylic acids is 1. The van der Waals surface area contributed by atoms with E-state index < -0.39 is 24.5 Å². The fourth-order valence-corrected chi connectivity index (χ4v) is 2.23. The molecule has 1 aromatic carbocycles.